The SMILES string of the molecule is Cc1ccc(C(=O)Nc2ccccc2N2CCC(C)CC2)cc1Cl. The Morgan fingerprint density at radius 1 is 1.17 bits per heavy atom. The topological polar surface area (TPSA) is 32.3 Å². The molecule has 0 atom stereocenters. The first-order valence-electron chi connectivity index (χ1n) is 8.46. The van der Waals surface area contributed by atoms with Gasteiger partial charge in [0.25, 0.3) is 5.91 Å². The molecule has 126 valence electrons. The van der Waals surface area contributed by atoms with Crippen molar-refractivity contribution >= 4 is 28.9 Å². The number of benzene rings is 2. The van der Waals surface area contributed by atoms with Crippen molar-refractivity contribution in [2.75, 3.05) is 23.3 Å². The predicted molar refractivity (Wildman–Crippen MR) is 101 cm³/mol. The Labute approximate surface area is 148 Å². The lowest BCUT2D eigenvalue weighted by Gasteiger charge is -2.33. The van der Waals surface area contributed by atoms with Crippen LogP contribution in [0.1, 0.15) is 35.7 Å². The molecule has 0 saturated carbocycles. The summed E-state index contributed by atoms with van der Waals surface area (Å²) in [4.78, 5) is 14.9. The van der Waals surface area contributed by atoms with E-state index in [1.807, 2.05) is 37.3 Å². The van der Waals surface area contributed by atoms with Crippen molar-refractivity contribution in [3.8, 4) is 0 Å². The second kappa shape index (κ2) is 7.27. The first kappa shape index (κ1) is 16.8. The summed E-state index contributed by atoms with van der Waals surface area (Å²) in [6.45, 7) is 6.29. The van der Waals surface area contributed by atoms with Gasteiger partial charge in [0.2, 0.25) is 0 Å². The second-order valence-electron chi connectivity index (χ2n) is 6.60. The van der Waals surface area contributed by atoms with Crippen LogP contribution >= 0.6 is 11.6 Å². The quantitative estimate of drug-likeness (QED) is 0.837. The van der Waals surface area contributed by atoms with Crippen molar-refractivity contribution in [2.24, 2.45) is 5.92 Å². The number of rotatable bonds is 3. The average molecular weight is 343 g/mol. The van der Waals surface area contributed by atoms with Crippen LogP contribution in [0.2, 0.25) is 5.02 Å². The molecule has 1 aliphatic rings. The van der Waals surface area contributed by atoms with Gasteiger partial charge < -0.3 is 10.2 Å². The van der Waals surface area contributed by atoms with E-state index < -0.39 is 0 Å². The van der Waals surface area contributed by atoms with Gasteiger partial charge in [-0.1, -0.05) is 36.7 Å². The molecule has 0 unspecified atom stereocenters. The molecule has 0 aromatic heterocycles. The van der Waals surface area contributed by atoms with Gasteiger partial charge in [-0.05, 0) is 55.5 Å². The third-order valence-corrected chi connectivity index (χ3v) is 5.12. The molecule has 1 fully saturated rings. The monoisotopic (exact) mass is 342 g/mol. The highest BCUT2D eigenvalue weighted by Gasteiger charge is 2.19. The van der Waals surface area contributed by atoms with E-state index in [1.54, 1.807) is 6.07 Å². The molecule has 0 spiro atoms. The number of piperidine rings is 1. The first-order valence-corrected chi connectivity index (χ1v) is 8.84. The largest absolute Gasteiger partial charge is 0.370 e. The number of anilines is 2. The zero-order valence-electron chi connectivity index (χ0n) is 14.2. The molecule has 1 aliphatic heterocycles. The molecule has 1 N–H and O–H groups in total. The highest BCUT2D eigenvalue weighted by atomic mass is 35.5. The summed E-state index contributed by atoms with van der Waals surface area (Å²) in [6, 6.07) is 13.4. The lowest BCUT2D eigenvalue weighted by atomic mass is 9.98. The van der Waals surface area contributed by atoms with Crippen LogP contribution in [-0.4, -0.2) is 19.0 Å². The van der Waals surface area contributed by atoms with Gasteiger partial charge in [-0.15, -0.1) is 0 Å². The number of amides is 1. The molecule has 2 aromatic carbocycles. The van der Waals surface area contributed by atoms with Gasteiger partial charge in [-0.25, -0.2) is 0 Å². The summed E-state index contributed by atoms with van der Waals surface area (Å²) in [6.07, 6.45) is 2.38. The van der Waals surface area contributed by atoms with Gasteiger partial charge in [-0.2, -0.15) is 0 Å². The Morgan fingerprint density at radius 3 is 2.58 bits per heavy atom. The minimum Gasteiger partial charge on any atom is -0.370 e. The van der Waals surface area contributed by atoms with Crippen LogP contribution < -0.4 is 10.2 Å². The molecule has 0 bridgehead atoms. The minimum absolute atomic E-state index is 0.130. The Kier molecular flexibility index (Phi) is 5.10. The van der Waals surface area contributed by atoms with Crippen molar-refractivity contribution < 1.29 is 4.79 Å². The van der Waals surface area contributed by atoms with Crippen molar-refractivity contribution in [1.82, 2.24) is 0 Å². The highest BCUT2D eigenvalue weighted by molar-refractivity contribution is 6.31. The number of aryl methyl sites for hydroxylation is 1. The van der Waals surface area contributed by atoms with Crippen LogP contribution in [0.5, 0.6) is 0 Å². The van der Waals surface area contributed by atoms with Crippen LogP contribution in [0.25, 0.3) is 0 Å². The number of para-hydroxylation sites is 2. The number of carbonyl (C=O) groups is 1. The van der Waals surface area contributed by atoms with E-state index in [-0.39, 0.29) is 5.91 Å². The van der Waals surface area contributed by atoms with E-state index in [1.165, 1.54) is 12.8 Å². The summed E-state index contributed by atoms with van der Waals surface area (Å²) in [5, 5.41) is 3.65. The molecule has 3 nitrogen and oxygen atoms in total. The normalized spacial score (nSPS) is 15.4. The average Bonchev–Trinajstić information content (AvgIpc) is 2.58. The third-order valence-electron chi connectivity index (χ3n) is 4.71. The Bertz CT molecular complexity index is 736. The first-order chi connectivity index (χ1) is 11.5. The maximum atomic E-state index is 12.6. The summed E-state index contributed by atoms with van der Waals surface area (Å²) in [5.41, 5.74) is 3.49. The van der Waals surface area contributed by atoms with Crippen molar-refractivity contribution in [3.63, 3.8) is 0 Å². The fraction of sp³-hybridized carbons (Fsp3) is 0.350. The summed E-state index contributed by atoms with van der Waals surface area (Å²) in [7, 11) is 0. The lowest BCUT2D eigenvalue weighted by molar-refractivity contribution is 0.102. The number of carbonyl (C=O) groups excluding carboxylic acids is 1. The van der Waals surface area contributed by atoms with Crippen LogP contribution in [0.15, 0.2) is 42.5 Å². The number of halogens is 1. The maximum Gasteiger partial charge on any atom is 0.255 e. The second-order valence-corrected chi connectivity index (χ2v) is 7.01. The molecular formula is C20H23ClN2O. The Morgan fingerprint density at radius 2 is 1.88 bits per heavy atom. The van der Waals surface area contributed by atoms with E-state index in [2.05, 4.69) is 23.2 Å². The standard InChI is InChI=1S/C20H23ClN2O/c1-14-9-11-23(12-10-14)19-6-4-3-5-18(19)22-20(24)16-8-7-15(2)17(21)13-16/h3-8,13-14H,9-12H2,1-2H3,(H,22,24). The van der Waals surface area contributed by atoms with Crippen LogP contribution in [-0.2, 0) is 0 Å². The number of nitrogens with zero attached hydrogens (tertiary/aromatic N) is 1. The molecule has 4 heteroatoms. The fourth-order valence-electron chi connectivity index (χ4n) is 3.03. The van der Waals surface area contributed by atoms with E-state index in [4.69, 9.17) is 11.6 Å². The van der Waals surface area contributed by atoms with Gasteiger partial charge in [-0.3, -0.25) is 4.79 Å². The van der Waals surface area contributed by atoms with E-state index >= 15 is 0 Å². The van der Waals surface area contributed by atoms with E-state index in [0.717, 1.165) is 35.9 Å². The number of hydrogen-bond donors (Lipinski definition) is 1. The zero-order chi connectivity index (χ0) is 17.1. The van der Waals surface area contributed by atoms with Crippen LogP contribution in [0, 0.1) is 12.8 Å². The van der Waals surface area contributed by atoms with E-state index in [0.29, 0.717) is 10.6 Å². The molecule has 1 saturated heterocycles. The minimum atomic E-state index is -0.130. The van der Waals surface area contributed by atoms with Gasteiger partial charge in [0.1, 0.15) is 0 Å². The Hall–Kier alpha value is -2.00. The van der Waals surface area contributed by atoms with Gasteiger partial charge in [0.05, 0.1) is 11.4 Å². The molecule has 0 radical (unpaired) electrons. The Balaban J connectivity index is 1.80. The molecular weight excluding hydrogens is 320 g/mol. The van der Waals surface area contributed by atoms with Gasteiger partial charge in [0, 0.05) is 23.7 Å². The van der Waals surface area contributed by atoms with Gasteiger partial charge in [0.15, 0.2) is 0 Å². The van der Waals surface area contributed by atoms with Crippen LogP contribution in [0.4, 0.5) is 11.4 Å². The molecule has 3 rings (SSSR count). The molecule has 0 aliphatic carbocycles. The summed E-state index contributed by atoms with van der Waals surface area (Å²) in [5.74, 6) is 0.646. The number of hydrogen-bond acceptors (Lipinski definition) is 2. The predicted octanol–water partition coefficient (Wildman–Crippen LogP) is 5.14. The van der Waals surface area contributed by atoms with Crippen LogP contribution in [0.3, 0.4) is 0 Å². The van der Waals surface area contributed by atoms with Crippen molar-refractivity contribution in [1.29, 1.82) is 0 Å². The van der Waals surface area contributed by atoms with E-state index in [9.17, 15) is 4.79 Å². The summed E-state index contributed by atoms with van der Waals surface area (Å²) < 4.78 is 0. The van der Waals surface area contributed by atoms with Crippen molar-refractivity contribution in [2.45, 2.75) is 26.7 Å². The molecule has 1 heterocycles. The smallest absolute Gasteiger partial charge is 0.255 e. The van der Waals surface area contributed by atoms with Crippen molar-refractivity contribution in [3.05, 3.63) is 58.6 Å². The highest BCUT2D eigenvalue weighted by Crippen LogP contribution is 2.30. The summed E-state index contributed by atoms with van der Waals surface area (Å²) >= 11 is 6.14. The fourth-order valence-corrected chi connectivity index (χ4v) is 3.21. The molecule has 24 heavy (non-hydrogen) atoms. The lowest BCUT2D eigenvalue weighted by Crippen LogP contribution is -2.33. The molecule has 1 amide bonds. The number of nitrogens with one attached hydrogen (secondary N) is 1. The zero-order valence-corrected chi connectivity index (χ0v) is 14.9. The maximum absolute atomic E-state index is 12.6. The molecule has 2 aromatic rings. The third kappa shape index (κ3) is 3.73. The van der Waals surface area contributed by atoms with Gasteiger partial charge >= 0.3 is 0 Å².